The summed E-state index contributed by atoms with van der Waals surface area (Å²) in [7, 11) is 0. The first-order valence-corrected chi connectivity index (χ1v) is 6.26. The Morgan fingerprint density at radius 3 is 2.79 bits per heavy atom. The van der Waals surface area contributed by atoms with Gasteiger partial charge in [-0.2, -0.15) is 0 Å². The summed E-state index contributed by atoms with van der Waals surface area (Å²) in [4.78, 5) is 7.35. The number of H-pyrrole nitrogens is 1. The summed E-state index contributed by atoms with van der Waals surface area (Å²) >= 11 is 0. The fourth-order valence-corrected chi connectivity index (χ4v) is 2.25. The molecule has 0 saturated heterocycles. The second-order valence-corrected chi connectivity index (χ2v) is 4.65. The van der Waals surface area contributed by atoms with E-state index in [0.717, 1.165) is 28.8 Å². The number of hydrogen-bond donors (Lipinski definition) is 3. The van der Waals surface area contributed by atoms with Crippen LogP contribution >= 0.6 is 0 Å². The molecule has 2 aromatic carbocycles. The zero-order valence-electron chi connectivity index (χ0n) is 10.8. The van der Waals surface area contributed by atoms with Gasteiger partial charge in [-0.05, 0) is 36.2 Å². The molecule has 1 aromatic heterocycles. The molecule has 0 aliphatic carbocycles. The van der Waals surface area contributed by atoms with Crippen LogP contribution in [0.2, 0.25) is 0 Å². The smallest absolute Gasteiger partial charge is 0.198 e. The highest BCUT2D eigenvalue weighted by Crippen LogP contribution is 2.20. The Morgan fingerprint density at radius 1 is 1.21 bits per heavy atom. The van der Waals surface area contributed by atoms with Gasteiger partial charge in [-0.3, -0.25) is 0 Å². The molecule has 4 nitrogen and oxygen atoms in total. The molecule has 0 fully saturated rings. The minimum Gasteiger partial charge on any atom is -0.381 e. The molecule has 0 saturated carbocycles. The van der Waals surface area contributed by atoms with E-state index in [4.69, 9.17) is 5.73 Å². The Morgan fingerprint density at radius 2 is 2.00 bits per heavy atom. The summed E-state index contributed by atoms with van der Waals surface area (Å²) in [5.74, 6) is 0.464. The number of nitrogens with two attached hydrogens (primary N) is 1. The van der Waals surface area contributed by atoms with Crippen LogP contribution in [0.5, 0.6) is 0 Å². The molecular formula is C15H16N4. The molecule has 0 bridgehead atoms. The lowest BCUT2D eigenvalue weighted by molar-refractivity contribution is 1.15. The van der Waals surface area contributed by atoms with Gasteiger partial charge in [0.1, 0.15) is 0 Å². The minimum atomic E-state index is 0.464. The Bertz CT molecular complexity index is 701. The summed E-state index contributed by atoms with van der Waals surface area (Å²) in [6, 6.07) is 14.4. The van der Waals surface area contributed by atoms with Crippen LogP contribution in [0.1, 0.15) is 11.1 Å². The van der Waals surface area contributed by atoms with Crippen LogP contribution in [-0.4, -0.2) is 9.97 Å². The number of aromatic nitrogens is 2. The number of imidazole rings is 1. The van der Waals surface area contributed by atoms with E-state index in [-0.39, 0.29) is 0 Å². The van der Waals surface area contributed by atoms with Gasteiger partial charge in [0, 0.05) is 12.2 Å². The highest BCUT2D eigenvalue weighted by Gasteiger charge is 2.05. The summed E-state index contributed by atoms with van der Waals surface area (Å²) in [5.41, 5.74) is 11.1. The molecule has 0 spiro atoms. The van der Waals surface area contributed by atoms with E-state index in [9.17, 15) is 0 Å². The zero-order chi connectivity index (χ0) is 13.2. The Hall–Kier alpha value is -2.49. The van der Waals surface area contributed by atoms with E-state index >= 15 is 0 Å². The number of nitrogens with zero attached hydrogens (tertiary/aromatic N) is 1. The molecule has 19 heavy (non-hydrogen) atoms. The molecule has 0 radical (unpaired) electrons. The summed E-state index contributed by atoms with van der Waals surface area (Å²) in [5, 5.41) is 3.39. The third-order valence-corrected chi connectivity index (χ3v) is 3.13. The number of nitrogens with one attached hydrogen (secondary N) is 2. The van der Waals surface area contributed by atoms with Gasteiger partial charge in [0.15, 0.2) is 5.95 Å². The molecule has 3 rings (SSSR count). The Balaban J connectivity index is 1.85. The van der Waals surface area contributed by atoms with Gasteiger partial charge >= 0.3 is 0 Å². The Kier molecular flexibility index (Phi) is 2.83. The standard InChI is InChI=1S/C15H16N4/c1-10-7-11(8-13-14(10)19-15(16)18-13)9-17-12-5-3-2-4-6-12/h2-8,17H,9H2,1H3,(H3,16,18,19). The van der Waals surface area contributed by atoms with Crippen LogP contribution in [0, 0.1) is 6.92 Å². The van der Waals surface area contributed by atoms with Crippen molar-refractivity contribution >= 4 is 22.7 Å². The highest BCUT2D eigenvalue weighted by atomic mass is 15.0. The van der Waals surface area contributed by atoms with Crippen molar-refractivity contribution in [3.05, 3.63) is 53.6 Å². The maximum absolute atomic E-state index is 5.69. The molecule has 4 N–H and O–H groups in total. The van der Waals surface area contributed by atoms with Gasteiger partial charge in [-0.15, -0.1) is 0 Å². The van der Waals surface area contributed by atoms with Crippen molar-refractivity contribution < 1.29 is 0 Å². The summed E-state index contributed by atoms with van der Waals surface area (Å²) < 4.78 is 0. The molecule has 0 aliphatic rings. The van der Waals surface area contributed by atoms with Crippen molar-refractivity contribution in [2.45, 2.75) is 13.5 Å². The molecule has 0 amide bonds. The van der Waals surface area contributed by atoms with E-state index in [1.165, 1.54) is 5.56 Å². The third-order valence-electron chi connectivity index (χ3n) is 3.13. The van der Waals surface area contributed by atoms with Gasteiger partial charge < -0.3 is 16.0 Å². The average Bonchev–Trinajstić information content (AvgIpc) is 2.79. The summed E-state index contributed by atoms with van der Waals surface area (Å²) in [6.45, 7) is 2.83. The molecule has 96 valence electrons. The number of anilines is 2. The maximum atomic E-state index is 5.69. The van der Waals surface area contributed by atoms with Crippen LogP contribution < -0.4 is 11.1 Å². The molecule has 1 heterocycles. The number of benzene rings is 2. The van der Waals surface area contributed by atoms with E-state index in [2.05, 4.69) is 46.5 Å². The monoisotopic (exact) mass is 252 g/mol. The highest BCUT2D eigenvalue weighted by molar-refractivity contribution is 5.81. The number of rotatable bonds is 3. The quantitative estimate of drug-likeness (QED) is 0.671. The van der Waals surface area contributed by atoms with Gasteiger partial charge in [-0.25, -0.2) is 4.98 Å². The minimum absolute atomic E-state index is 0.464. The van der Waals surface area contributed by atoms with Crippen LogP contribution in [0.4, 0.5) is 11.6 Å². The van der Waals surface area contributed by atoms with Crippen molar-refractivity contribution in [3.8, 4) is 0 Å². The normalized spacial score (nSPS) is 10.8. The number of aryl methyl sites for hydroxylation is 1. The zero-order valence-corrected chi connectivity index (χ0v) is 10.8. The first-order chi connectivity index (χ1) is 9.22. The van der Waals surface area contributed by atoms with Crippen LogP contribution in [-0.2, 0) is 6.54 Å². The SMILES string of the molecule is Cc1cc(CNc2ccccc2)cc2[nH]c(N)nc12. The predicted molar refractivity (Wildman–Crippen MR) is 79.0 cm³/mol. The van der Waals surface area contributed by atoms with Crippen molar-refractivity contribution in [2.24, 2.45) is 0 Å². The van der Waals surface area contributed by atoms with Crippen LogP contribution in [0.15, 0.2) is 42.5 Å². The Labute approximate surface area is 111 Å². The van der Waals surface area contributed by atoms with Gasteiger partial charge in [0.25, 0.3) is 0 Å². The summed E-state index contributed by atoms with van der Waals surface area (Å²) in [6.07, 6.45) is 0. The van der Waals surface area contributed by atoms with Crippen molar-refractivity contribution in [1.29, 1.82) is 0 Å². The number of hydrogen-bond acceptors (Lipinski definition) is 3. The number of nitrogen functional groups attached to an aromatic ring is 1. The van der Waals surface area contributed by atoms with Crippen molar-refractivity contribution in [2.75, 3.05) is 11.1 Å². The first-order valence-electron chi connectivity index (χ1n) is 6.26. The van der Waals surface area contributed by atoms with Crippen LogP contribution in [0.3, 0.4) is 0 Å². The maximum Gasteiger partial charge on any atom is 0.198 e. The van der Waals surface area contributed by atoms with Crippen molar-refractivity contribution in [3.63, 3.8) is 0 Å². The second-order valence-electron chi connectivity index (χ2n) is 4.65. The van der Waals surface area contributed by atoms with Gasteiger partial charge in [0.05, 0.1) is 11.0 Å². The van der Waals surface area contributed by atoms with Crippen LogP contribution in [0.25, 0.3) is 11.0 Å². The van der Waals surface area contributed by atoms with E-state index in [1.807, 2.05) is 18.2 Å². The topological polar surface area (TPSA) is 66.7 Å². The van der Waals surface area contributed by atoms with Gasteiger partial charge in [0.2, 0.25) is 0 Å². The first kappa shape index (κ1) is 11.6. The third kappa shape index (κ3) is 2.38. The molecule has 0 atom stereocenters. The lowest BCUT2D eigenvalue weighted by Crippen LogP contribution is -1.99. The molecule has 0 aliphatic heterocycles. The van der Waals surface area contributed by atoms with Crippen molar-refractivity contribution in [1.82, 2.24) is 9.97 Å². The molecule has 0 unspecified atom stereocenters. The van der Waals surface area contributed by atoms with E-state index in [1.54, 1.807) is 0 Å². The fourth-order valence-electron chi connectivity index (χ4n) is 2.25. The molecule has 3 aromatic rings. The van der Waals surface area contributed by atoms with E-state index in [0.29, 0.717) is 5.95 Å². The largest absolute Gasteiger partial charge is 0.381 e. The molecular weight excluding hydrogens is 236 g/mol. The van der Waals surface area contributed by atoms with E-state index < -0.39 is 0 Å². The lowest BCUT2D eigenvalue weighted by atomic mass is 10.1. The number of para-hydroxylation sites is 1. The number of fused-ring (bicyclic) bond motifs is 1. The predicted octanol–water partition coefficient (Wildman–Crippen LogP) is 3.07. The number of aromatic amines is 1. The fraction of sp³-hybridized carbons (Fsp3) is 0.133. The second kappa shape index (κ2) is 4.65. The lowest BCUT2D eigenvalue weighted by Gasteiger charge is -2.07. The average molecular weight is 252 g/mol. The van der Waals surface area contributed by atoms with Gasteiger partial charge in [-0.1, -0.05) is 24.3 Å². The molecule has 4 heteroatoms.